The lowest BCUT2D eigenvalue weighted by Gasteiger charge is -2.31. The third-order valence-corrected chi connectivity index (χ3v) is 12.8. The molecule has 0 aromatic heterocycles. The number of phenolic OH excluding ortho intramolecular Hbond substituents is 1. The Balaban J connectivity index is 1.74. The molecule has 0 bridgehead atoms. The van der Waals surface area contributed by atoms with Crippen LogP contribution in [0.5, 0.6) is 5.75 Å². The summed E-state index contributed by atoms with van der Waals surface area (Å²) in [5.41, 5.74) is 17.0. The summed E-state index contributed by atoms with van der Waals surface area (Å²) in [5, 5.41) is 87.3. The molecule has 78 heavy (non-hydrogen) atoms. The molecule has 1 aromatic rings. The summed E-state index contributed by atoms with van der Waals surface area (Å²) < 4.78 is 0. The molecule has 2 heterocycles. The molecule has 12 atom stereocenters. The molecule has 2 aliphatic rings. The first-order valence-electron chi connectivity index (χ1n) is 25.5. The molecule has 2 aliphatic heterocycles. The number of carbonyl (C=O) groups is 10. The van der Waals surface area contributed by atoms with Gasteiger partial charge in [-0.05, 0) is 82.4 Å². The molecule has 30 heteroatoms. The number of carbonyl (C=O) groups excluding carboxylic acids is 9. The maximum atomic E-state index is 13.9. The van der Waals surface area contributed by atoms with Crippen LogP contribution in [0.25, 0.3) is 0 Å². The molecule has 1 aromatic carbocycles. The number of carboxylic acid groups (broad SMARTS) is 1. The number of aliphatic hydroxyl groups is 5. The molecule has 436 valence electrons. The van der Waals surface area contributed by atoms with Gasteiger partial charge in [-0.2, -0.15) is 0 Å². The van der Waals surface area contributed by atoms with Crippen molar-refractivity contribution in [2.45, 2.75) is 152 Å². The number of rotatable bonds is 30. The van der Waals surface area contributed by atoms with Gasteiger partial charge in [-0.1, -0.05) is 26.0 Å². The van der Waals surface area contributed by atoms with Crippen LogP contribution >= 0.6 is 0 Å². The molecule has 0 aliphatic carbocycles. The van der Waals surface area contributed by atoms with Crippen molar-refractivity contribution in [3.8, 4) is 5.75 Å². The average molecular weight is 1110 g/mol. The summed E-state index contributed by atoms with van der Waals surface area (Å²) in [6.45, 7) is 3.00. The number of nitrogens with two attached hydrogens (primary N) is 3. The van der Waals surface area contributed by atoms with Gasteiger partial charge >= 0.3 is 5.97 Å². The molecule has 0 unspecified atom stereocenters. The number of hydrogen-bond donors (Lipinski definition) is 17. The smallest absolute Gasteiger partial charge is 0.326 e. The van der Waals surface area contributed by atoms with Crippen molar-refractivity contribution in [2.24, 2.45) is 28.1 Å². The lowest BCUT2D eigenvalue weighted by molar-refractivity contribution is -0.144. The molecule has 3 rings (SSSR count). The number of benzene rings is 1. The number of nitrogens with zero attached hydrogens (tertiary/aromatic N) is 3. The van der Waals surface area contributed by atoms with Gasteiger partial charge in [0.15, 0.2) is 5.96 Å². The largest absolute Gasteiger partial charge is 0.508 e. The first-order valence-corrected chi connectivity index (χ1v) is 25.5. The van der Waals surface area contributed by atoms with Crippen molar-refractivity contribution in [3.63, 3.8) is 0 Å². The van der Waals surface area contributed by atoms with Crippen LogP contribution in [-0.4, -0.2) is 223 Å². The van der Waals surface area contributed by atoms with E-state index in [4.69, 9.17) is 17.2 Å². The number of hydrogen-bond acceptors (Lipinski definition) is 18. The van der Waals surface area contributed by atoms with Gasteiger partial charge in [0.1, 0.15) is 66.2 Å². The van der Waals surface area contributed by atoms with Gasteiger partial charge in [0.2, 0.25) is 53.2 Å². The first-order chi connectivity index (χ1) is 36.7. The van der Waals surface area contributed by atoms with Gasteiger partial charge in [-0.15, -0.1) is 0 Å². The minimum Gasteiger partial charge on any atom is -0.508 e. The highest BCUT2D eigenvalue weighted by atomic mass is 16.4. The predicted molar refractivity (Wildman–Crippen MR) is 274 cm³/mol. The van der Waals surface area contributed by atoms with Crippen molar-refractivity contribution >= 4 is 65.1 Å². The Morgan fingerprint density at radius 1 is 0.615 bits per heavy atom. The Morgan fingerprint density at radius 2 is 1.08 bits per heavy atom. The van der Waals surface area contributed by atoms with Crippen LogP contribution in [0, 0.1) is 5.92 Å². The second-order valence-electron chi connectivity index (χ2n) is 19.6. The molecule has 0 saturated carbocycles. The standard InChI is InChI=1S/C48H77N13O17/c1-23(2)18-31(47(77)78)55-39(69)30(19-26-11-13-27(67)14-12-26)54-43(73)36(24(3)65)59-44(74)37(25(4)66)58-40(70)32(21-63)56-42(72)35-10-7-17-61(35)46(76)33(22-64)57-38(68)29(8-5-15-52-48(50)51)53-41(71)34-9-6-16-60(34)45(75)28(49)20-62/h11-14,23-25,28-37,62-67H,5-10,15-22,49H2,1-4H3,(H,53,71)(H,54,73)(H,55,69)(H,56,72)(H,57,68)(H,58,70)(H,59,74)(H,77,78)(H4,50,51,52)/t24-,25-,28+,29+,30+,31+,32+,33+,34+,35+,36+,37+/m1/s1. The van der Waals surface area contributed by atoms with Crippen LogP contribution in [0.15, 0.2) is 29.3 Å². The fourth-order valence-electron chi connectivity index (χ4n) is 8.67. The zero-order valence-electron chi connectivity index (χ0n) is 44.0. The Labute approximate surface area is 449 Å². The SMILES string of the molecule is CC(C)C[C@H](NC(=O)[C@H](Cc1ccc(O)cc1)NC(=O)[C@@H](NC(=O)[C@@H](NC(=O)[C@H](CO)NC(=O)[C@@H]1CCCN1C(=O)[C@H](CO)NC(=O)[C@H](CCCN=C(N)N)NC(=O)[C@@H]1CCCN1C(=O)[C@@H](N)CO)[C@@H](C)O)[C@@H](C)O)C(=O)O. The summed E-state index contributed by atoms with van der Waals surface area (Å²) in [6.07, 6.45) is -2.76. The highest BCUT2D eigenvalue weighted by Gasteiger charge is 2.42. The van der Waals surface area contributed by atoms with Crippen LogP contribution < -0.4 is 54.4 Å². The van der Waals surface area contributed by atoms with E-state index >= 15 is 0 Å². The number of likely N-dealkylation sites (tertiary alicyclic amines) is 2. The second kappa shape index (κ2) is 31.2. The molecular weight excluding hydrogens is 1030 g/mol. The van der Waals surface area contributed by atoms with Gasteiger partial charge < -0.3 is 100.0 Å². The number of aliphatic carboxylic acids is 1. The quantitative estimate of drug-likeness (QED) is 0.0193. The molecule has 9 amide bonds. The van der Waals surface area contributed by atoms with Gasteiger partial charge in [0.05, 0.1) is 32.0 Å². The lowest BCUT2D eigenvalue weighted by atomic mass is 10.0. The lowest BCUT2D eigenvalue weighted by Crippen LogP contribution is -2.63. The molecule has 2 saturated heterocycles. The number of guanidine groups is 1. The van der Waals surface area contributed by atoms with E-state index in [-0.39, 0.29) is 82.2 Å². The number of aromatic hydroxyl groups is 1. The third-order valence-electron chi connectivity index (χ3n) is 12.8. The van der Waals surface area contributed by atoms with E-state index in [2.05, 4.69) is 42.2 Å². The average Bonchev–Trinajstić information content (AvgIpc) is 4.10. The van der Waals surface area contributed by atoms with Crippen LogP contribution in [0.4, 0.5) is 0 Å². The number of aliphatic imine (C=N–C) groups is 1. The number of nitrogens with one attached hydrogen (secondary N) is 7. The van der Waals surface area contributed by atoms with E-state index in [9.17, 15) is 83.7 Å². The van der Waals surface area contributed by atoms with Crippen molar-refractivity contribution in [3.05, 3.63) is 29.8 Å². The molecule has 2 fully saturated rings. The number of aliphatic hydroxyl groups excluding tert-OH is 5. The van der Waals surface area contributed by atoms with Crippen molar-refractivity contribution in [1.82, 2.24) is 47.0 Å². The van der Waals surface area contributed by atoms with E-state index in [0.717, 1.165) is 18.7 Å². The van der Waals surface area contributed by atoms with E-state index in [0.29, 0.717) is 12.0 Å². The Bertz CT molecular complexity index is 2280. The van der Waals surface area contributed by atoms with Gasteiger partial charge in [0, 0.05) is 26.1 Å². The first kappa shape index (κ1) is 65.0. The van der Waals surface area contributed by atoms with E-state index in [1.807, 2.05) is 0 Å². The molecule has 30 nitrogen and oxygen atoms in total. The van der Waals surface area contributed by atoms with Crippen LogP contribution in [-0.2, 0) is 54.4 Å². The van der Waals surface area contributed by atoms with Crippen LogP contribution in [0.1, 0.15) is 78.2 Å². The summed E-state index contributed by atoms with van der Waals surface area (Å²) in [5.74, 6) is -10.8. The van der Waals surface area contributed by atoms with Crippen LogP contribution in [0.3, 0.4) is 0 Å². The zero-order chi connectivity index (χ0) is 58.6. The monoisotopic (exact) mass is 1110 g/mol. The van der Waals surface area contributed by atoms with Gasteiger partial charge in [-0.3, -0.25) is 48.1 Å². The number of amides is 9. The number of carboxylic acids is 1. The normalized spacial score (nSPS) is 19.0. The third kappa shape index (κ3) is 19.3. The molecule has 0 spiro atoms. The molecule has 20 N–H and O–H groups in total. The Kier molecular flexibility index (Phi) is 26.0. The second-order valence-corrected chi connectivity index (χ2v) is 19.6. The van der Waals surface area contributed by atoms with Gasteiger partial charge in [0.25, 0.3) is 0 Å². The predicted octanol–water partition coefficient (Wildman–Crippen LogP) is -7.44. The zero-order valence-corrected chi connectivity index (χ0v) is 44.0. The minimum atomic E-state index is -1.93. The number of phenols is 1. The summed E-state index contributed by atoms with van der Waals surface area (Å²) in [7, 11) is 0. The van der Waals surface area contributed by atoms with E-state index in [1.165, 1.54) is 29.2 Å². The fraction of sp³-hybridized carbons (Fsp3) is 0.646. The van der Waals surface area contributed by atoms with Gasteiger partial charge in [-0.25, -0.2) is 4.79 Å². The van der Waals surface area contributed by atoms with Crippen molar-refractivity contribution in [2.75, 3.05) is 39.5 Å². The van der Waals surface area contributed by atoms with Crippen molar-refractivity contribution in [1.29, 1.82) is 0 Å². The van der Waals surface area contributed by atoms with Crippen LogP contribution in [0.2, 0.25) is 0 Å². The maximum Gasteiger partial charge on any atom is 0.326 e. The topological polar surface area (TPSA) is 493 Å². The van der Waals surface area contributed by atoms with E-state index < -0.39 is 152 Å². The van der Waals surface area contributed by atoms with E-state index in [1.54, 1.807) is 13.8 Å². The summed E-state index contributed by atoms with van der Waals surface area (Å²) >= 11 is 0. The Hall–Kier alpha value is -7.25. The Morgan fingerprint density at radius 3 is 1.56 bits per heavy atom. The maximum absolute atomic E-state index is 13.9. The minimum absolute atomic E-state index is 0.000497. The highest BCUT2D eigenvalue weighted by molar-refractivity contribution is 5.99. The summed E-state index contributed by atoms with van der Waals surface area (Å²) in [4.78, 5) is 140. The molecule has 0 radical (unpaired) electrons. The molecular formula is C48H77N13O17. The fourth-order valence-corrected chi connectivity index (χ4v) is 8.67. The van der Waals surface area contributed by atoms with Crippen molar-refractivity contribution < 1.29 is 83.7 Å². The highest BCUT2D eigenvalue weighted by Crippen LogP contribution is 2.21. The summed E-state index contributed by atoms with van der Waals surface area (Å²) in [6, 6.07) is -9.74.